The van der Waals surface area contributed by atoms with Crippen LogP contribution in [0.25, 0.3) is 0 Å². The summed E-state index contributed by atoms with van der Waals surface area (Å²) in [7, 11) is -2.30. The Bertz CT molecular complexity index is 611. The van der Waals surface area contributed by atoms with Crippen molar-refractivity contribution < 1.29 is 17.9 Å². The van der Waals surface area contributed by atoms with Crippen LogP contribution in [-0.2, 0) is 19.6 Å². The van der Waals surface area contributed by atoms with Gasteiger partial charge in [0.2, 0.25) is 10.0 Å². The lowest BCUT2D eigenvalue weighted by atomic mass is 10.1. The summed E-state index contributed by atoms with van der Waals surface area (Å²) < 4.78 is 32.4. The fourth-order valence-electron chi connectivity index (χ4n) is 2.68. The van der Waals surface area contributed by atoms with Gasteiger partial charge in [-0.2, -0.15) is 0 Å². The molecular formula is C13H20N2O4S2. The standard InChI is InChI=1S/C13H20N2O4S2/c1-8-7-14-12(20-8)9(2)15-21(17,18)11-6-4-5-10(11)13(16)19-3/h7,9-11,15H,4-6H2,1-3H3. The lowest BCUT2D eigenvalue weighted by molar-refractivity contribution is -0.145. The third-order valence-corrected chi connectivity index (χ3v) is 6.84. The molecule has 21 heavy (non-hydrogen) atoms. The second-order valence-electron chi connectivity index (χ2n) is 5.29. The van der Waals surface area contributed by atoms with E-state index < -0.39 is 33.2 Å². The summed E-state index contributed by atoms with van der Waals surface area (Å²) in [6, 6.07) is -0.396. The Balaban J connectivity index is 2.12. The number of esters is 1. The third-order valence-electron chi connectivity index (χ3n) is 3.71. The van der Waals surface area contributed by atoms with Crippen molar-refractivity contribution >= 4 is 27.3 Å². The van der Waals surface area contributed by atoms with Gasteiger partial charge < -0.3 is 4.74 Å². The van der Waals surface area contributed by atoms with Crippen LogP contribution in [0.2, 0.25) is 0 Å². The molecule has 0 aliphatic heterocycles. The quantitative estimate of drug-likeness (QED) is 0.831. The first kappa shape index (κ1) is 16.4. The number of nitrogens with zero attached hydrogens (tertiary/aromatic N) is 1. The molecule has 6 nitrogen and oxygen atoms in total. The molecule has 0 aromatic carbocycles. The number of methoxy groups -OCH3 is 1. The molecule has 0 radical (unpaired) electrons. The van der Waals surface area contributed by atoms with Crippen LogP contribution in [0, 0.1) is 12.8 Å². The first-order valence-electron chi connectivity index (χ1n) is 6.86. The van der Waals surface area contributed by atoms with Gasteiger partial charge in [-0.25, -0.2) is 18.1 Å². The van der Waals surface area contributed by atoms with Crippen molar-refractivity contribution in [2.45, 2.75) is 44.4 Å². The highest BCUT2D eigenvalue weighted by molar-refractivity contribution is 7.90. The molecule has 118 valence electrons. The number of nitrogens with one attached hydrogen (secondary N) is 1. The average Bonchev–Trinajstić information content (AvgIpc) is 3.05. The Morgan fingerprint density at radius 1 is 1.52 bits per heavy atom. The van der Waals surface area contributed by atoms with Crippen molar-refractivity contribution in [3.05, 3.63) is 16.1 Å². The molecule has 2 rings (SSSR count). The summed E-state index contributed by atoms with van der Waals surface area (Å²) in [4.78, 5) is 16.9. The van der Waals surface area contributed by atoms with Gasteiger partial charge in [0.1, 0.15) is 5.01 Å². The van der Waals surface area contributed by atoms with Crippen molar-refractivity contribution in [3.8, 4) is 0 Å². The Morgan fingerprint density at radius 3 is 2.81 bits per heavy atom. The number of carbonyl (C=O) groups is 1. The zero-order chi connectivity index (χ0) is 15.6. The number of sulfonamides is 1. The zero-order valence-corrected chi connectivity index (χ0v) is 14.0. The molecule has 1 aliphatic rings. The largest absolute Gasteiger partial charge is 0.469 e. The van der Waals surface area contributed by atoms with Gasteiger partial charge in [0.25, 0.3) is 0 Å². The Labute approximate surface area is 129 Å². The van der Waals surface area contributed by atoms with Gasteiger partial charge in [0.15, 0.2) is 0 Å². The maximum atomic E-state index is 12.5. The van der Waals surface area contributed by atoms with E-state index in [1.54, 1.807) is 13.1 Å². The second-order valence-corrected chi connectivity index (χ2v) is 8.49. The molecule has 1 saturated carbocycles. The van der Waals surface area contributed by atoms with Crippen LogP contribution in [-0.4, -0.2) is 31.7 Å². The van der Waals surface area contributed by atoms with Crippen LogP contribution in [0.3, 0.4) is 0 Å². The molecular weight excluding hydrogens is 312 g/mol. The van der Waals surface area contributed by atoms with Crippen molar-refractivity contribution in [2.75, 3.05) is 7.11 Å². The molecule has 0 bridgehead atoms. The van der Waals surface area contributed by atoms with E-state index in [0.29, 0.717) is 12.8 Å². The minimum atomic E-state index is -3.59. The molecule has 0 saturated heterocycles. The smallest absolute Gasteiger partial charge is 0.310 e. The molecule has 1 N–H and O–H groups in total. The summed E-state index contributed by atoms with van der Waals surface area (Å²) in [6.45, 7) is 3.69. The molecule has 1 fully saturated rings. The normalized spacial score (nSPS) is 24.0. The van der Waals surface area contributed by atoms with Gasteiger partial charge in [0.05, 0.1) is 24.3 Å². The van der Waals surface area contributed by atoms with Crippen LogP contribution in [0.5, 0.6) is 0 Å². The number of aryl methyl sites for hydroxylation is 1. The summed E-state index contributed by atoms with van der Waals surface area (Å²) in [5, 5.41) is 0.0112. The van der Waals surface area contributed by atoms with Crippen molar-refractivity contribution in [3.63, 3.8) is 0 Å². The van der Waals surface area contributed by atoms with Crippen LogP contribution in [0.1, 0.15) is 42.1 Å². The van der Waals surface area contributed by atoms with E-state index in [4.69, 9.17) is 4.74 Å². The summed E-state index contributed by atoms with van der Waals surface area (Å²) in [5.74, 6) is -1.02. The van der Waals surface area contributed by atoms with Gasteiger partial charge in [-0.3, -0.25) is 4.79 Å². The molecule has 1 aromatic rings. The second kappa shape index (κ2) is 6.41. The molecule has 1 aromatic heterocycles. The van der Waals surface area contributed by atoms with Crippen LogP contribution in [0.4, 0.5) is 0 Å². The van der Waals surface area contributed by atoms with E-state index in [1.165, 1.54) is 18.4 Å². The Hall–Kier alpha value is -0.990. The van der Waals surface area contributed by atoms with Crippen LogP contribution in [0.15, 0.2) is 6.20 Å². The third kappa shape index (κ3) is 3.61. The van der Waals surface area contributed by atoms with Gasteiger partial charge in [-0.05, 0) is 26.7 Å². The van der Waals surface area contributed by atoms with Crippen LogP contribution >= 0.6 is 11.3 Å². The Morgan fingerprint density at radius 2 is 2.24 bits per heavy atom. The lowest BCUT2D eigenvalue weighted by Gasteiger charge is -2.20. The molecule has 3 unspecified atom stereocenters. The fraction of sp³-hybridized carbons (Fsp3) is 0.692. The van der Waals surface area contributed by atoms with Gasteiger partial charge in [-0.15, -0.1) is 11.3 Å². The van der Waals surface area contributed by atoms with Crippen molar-refractivity contribution in [1.82, 2.24) is 9.71 Å². The van der Waals surface area contributed by atoms with Crippen LogP contribution < -0.4 is 4.72 Å². The average molecular weight is 332 g/mol. The highest BCUT2D eigenvalue weighted by Gasteiger charge is 2.42. The minimum absolute atomic E-state index is 0.396. The number of hydrogen-bond donors (Lipinski definition) is 1. The first-order valence-corrected chi connectivity index (χ1v) is 9.22. The zero-order valence-electron chi connectivity index (χ0n) is 12.3. The predicted molar refractivity (Wildman–Crippen MR) is 80.5 cm³/mol. The van der Waals surface area contributed by atoms with Gasteiger partial charge in [-0.1, -0.05) is 6.42 Å². The SMILES string of the molecule is COC(=O)C1CCCC1S(=O)(=O)NC(C)c1ncc(C)s1. The van der Waals surface area contributed by atoms with E-state index in [-0.39, 0.29) is 0 Å². The first-order chi connectivity index (χ1) is 9.85. The predicted octanol–water partition coefficient (Wildman–Crippen LogP) is 1.77. The summed E-state index contributed by atoms with van der Waals surface area (Å²) in [5.41, 5.74) is 0. The van der Waals surface area contributed by atoms with E-state index in [9.17, 15) is 13.2 Å². The van der Waals surface area contributed by atoms with E-state index >= 15 is 0 Å². The molecule has 0 amide bonds. The fourth-order valence-corrected chi connectivity index (χ4v) is 5.46. The maximum absolute atomic E-state index is 12.5. The number of ether oxygens (including phenoxy) is 1. The highest BCUT2D eigenvalue weighted by Crippen LogP contribution is 2.32. The molecule has 0 spiro atoms. The highest BCUT2D eigenvalue weighted by atomic mass is 32.2. The number of carbonyl (C=O) groups excluding carboxylic acids is 1. The summed E-state index contributed by atoms with van der Waals surface area (Å²) in [6.07, 6.45) is 3.48. The van der Waals surface area contributed by atoms with Crippen molar-refractivity contribution in [1.29, 1.82) is 0 Å². The van der Waals surface area contributed by atoms with Gasteiger partial charge >= 0.3 is 5.97 Å². The summed E-state index contributed by atoms with van der Waals surface area (Å²) >= 11 is 1.46. The number of aromatic nitrogens is 1. The lowest BCUT2D eigenvalue weighted by Crippen LogP contribution is -2.40. The molecule has 3 atom stereocenters. The maximum Gasteiger partial charge on any atom is 0.310 e. The van der Waals surface area contributed by atoms with E-state index in [2.05, 4.69) is 9.71 Å². The van der Waals surface area contributed by atoms with Gasteiger partial charge in [0, 0.05) is 11.1 Å². The Kier molecular flexibility index (Phi) is 5.00. The van der Waals surface area contributed by atoms with E-state index in [0.717, 1.165) is 16.3 Å². The molecule has 8 heteroatoms. The number of hydrogen-bond acceptors (Lipinski definition) is 6. The molecule has 1 heterocycles. The number of rotatable bonds is 5. The minimum Gasteiger partial charge on any atom is -0.469 e. The number of thiazole rings is 1. The molecule has 1 aliphatic carbocycles. The topological polar surface area (TPSA) is 85.4 Å². The van der Waals surface area contributed by atoms with Crippen molar-refractivity contribution in [2.24, 2.45) is 5.92 Å². The monoisotopic (exact) mass is 332 g/mol. The van der Waals surface area contributed by atoms with E-state index in [1.807, 2.05) is 6.92 Å².